The zero-order chi connectivity index (χ0) is 23.5. The zero-order valence-corrected chi connectivity index (χ0v) is 19.1. The minimum atomic E-state index is -0.224. The molecule has 0 radical (unpaired) electrons. The number of hydrogen-bond donors (Lipinski definition) is 3. The van der Waals surface area contributed by atoms with Gasteiger partial charge in [-0.05, 0) is 68.0 Å². The largest absolute Gasteiger partial charge is 0.457 e. The first-order valence-electron chi connectivity index (χ1n) is 11.2. The second kappa shape index (κ2) is 9.68. The number of hydrogen-bond acceptors (Lipinski definition) is 7. The summed E-state index contributed by atoms with van der Waals surface area (Å²) in [5, 5.41) is 11.4. The van der Waals surface area contributed by atoms with Crippen molar-refractivity contribution in [2.24, 2.45) is 11.8 Å². The predicted molar refractivity (Wildman–Crippen MR) is 125 cm³/mol. The monoisotopic (exact) mass is 450 g/mol. The zero-order valence-electron chi connectivity index (χ0n) is 19.1. The number of nitrogens with two attached hydrogens (primary N) is 1. The number of nitrogens with one attached hydrogen (secondary N) is 2. The average molecular weight is 451 g/mol. The molecule has 1 aromatic heterocycles. The summed E-state index contributed by atoms with van der Waals surface area (Å²) in [5.41, 5.74) is 5.85. The summed E-state index contributed by atoms with van der Waals surface area (Å²) in [4.78, 5) is 30.9. The van der Waals surface area contributed by atoms with Gasteiger partial charge in [0.15, 0.2) is 0 Å². The molecule has 33 heavy (non-hydrogen) atoms. The third-order valence-electron chi connectivity index (χ3n) is 6.63. The molecule has 4 rings (SSSR count). The van der Waals surface area contributed by atoms with Gasteiger partial charge in [-0.15, -0.1) is 0 Å². The van der Waals surface area contributed by atoms with Crippen molar-refractivity contribution in [1.82, 2.24) is 15.2 Å². The van der Waals surface area contributed by atoms with Crippen LogP contribution in [-0.4, -0.2) is 54.3 Å². The molecular weight excluding hydrogens is 420 g/mol. The minimum Gasteiger partial charge on any atom is -0.457 e. The highest BCUT2D eigenvalue weighted by atomic mass is 16.5. The van der Waals surface area contributed by atoms with Crippen molar-refractivity contribution in [2.75, 3.05) is 31.2 Å². The van der Waals surface area contributed by atoms with E-state index in [9.17, 15) is 9.59 Å². The maximum Gasteiger partial charge on any atom is 0.338 e. The number of cyclic esters (lactones) is 1. The van der Waals surface area contributed by atoms with Crippen molar-refractivity contribution >= 4 is 23.9 Å². The fraction of sp³-hybridized carbons (Fsp3) is 0.417. The summed E-state index contributed by atoms with van der Waals surface area (Å²) in [7, 11) is 0. The number of aromatic nitrogens is 1. The Bertz CT molecular complexity index is 1090. The van der Waals surface area contributed by atoms with E-state index in [2.05, 4.69) is 22.1 Å². The van der Waals surface area contributed by atoms with Gasteiger partial charge in [0.2, 0.25) is 0 Å². The van der Waals surface area contributed by atoms with Crippen molar-refractivity contribution in [1.29, 1.82) is 5.41 Å². The fourth-order valence-corrected chi connectivity index (χ4v) is 4.57. The molecule has 1 saturated heterocycles. The average Bonchev–Trinajstić information content (AvgIpc) is 3.43. The van der Waals surface area contributed by atoms with Gasteiger partial charge in [-0.2, -0.15) is 0 Å². The second-order valence-corrected chi connectivity index (χ2v) is 8.76. The number of rotatable bonds is 8. The molecule has 1 fully saturated rings. The Hall–Kier alpha value is -3.30. The van der Waals surface area contributed by atoms with Crippen LogP contribution in [0, 0.1) is 25.2 Å². The summed E-state index contributed by atoms with van der Waals surface area (Å²) < 4.78 is 5.15. The van der Waals surface area contributed by atoms with Gasteiger partial charge in [0.1, 0.15) is 18.6 Å². The van der Waals surface area contributed by atoms with Gasteiger partial charge in [-0.3, -0.25) is 15.2 Å². The Kier molecular flexibility index (Phi) is 6.71. The number of likely N-dealkylation sites (tertiary alicyclic amines) is 1. The first-order chi connectivity index (χ1) is 15.9. The quantitative estimate of drug-likeness (QED) is 0.185. The van der Waals surface area contributed by atoms with Gasteiger partial charge in [0.25, 0.3) is 5.91 Å². The van der Waals surface area contributed by atoms with Crippen LogP contribution in [0.2, 0.25) is 0 Å². The van der Waals surface area contributed by atoms with Crippen molar-refractivity contribution in [3.05, 3.63) is 57.9 Å². The molecule has 0 spiro atoms. The van der Waals surface area contributed by atoms with Crippen LogP contribution in [0.4, 0.5) is 5.69 Å². The second-order valence-electron chi connectivity index (χ2n) is 8.76. The van der Waals surface area contributed by atoms with E-state index in [1.807, 2.05) is 19.1 Å². The molecule has 1 amide bonds. The highest BCUT2D eigenvalue weighted by molar-refractivity contribution is 5.94. The van der Waals surface area contributed by atoms with E-state index in [-0.39, 0.29) is 11.9 Å². The van der Waals surface area contributed by atoms with Crippen molar-refractivity contribution in [2.45, 2.75) is 33.3 Å². The number of esters is 1. The van der Waals surface area contributed by atoms with E-state index in [0.717, 1.165) is 60.5 Å². The van der Waals surface area contributed by atoms with Crippen molar-refractivity contribution in [3.8, 4) is 0 Å². The molecule has 174 valence electrons. The lowest BCUT2D eigenvalue weighted by Crippen LogP contribution is -2.32. The number of fused-ring (bicyclic) bond motifs is 1. The normalized spacial score (nSPS) is 17.5. The summed E-state index contributed by atoms with van der Waals surface area (Å²) >= 11 is 0. The number of aryl methyl sites for hydroxylation is 1. The number of hydrazine groups is 1. The van der Waals surface area contributed by atoms with Crippen LogP contribution in [0.5, 0.6) is 0 Å². The molecule has 3 heterocycles. The molecular formula is C24H30N6O3. The first kappa shape index (κ1) is 22.9. The minimum absolute atomic E-state index is 0.202. The molecule has 2 aliphatic heterocycles. The van der Waals surface area contributed by atoms with E-state index < -0.39 is 0 Å². The Balaban J connectivity index is 1.25. The van der Waals surface area contributed by atoms with Crippen molar-refractivity contribution < 1.29 is 14.3 Å². The topological polar surface area (TPSA) is 125 Å². The Morgan fingerprint density at radius 3 is 3.00 bits per heavy atom. The first-order valence-corrected chi connectivity index (χ1v) is 11.2. The van der Waals surface area contributed by atoms with Gasteiger partial charge in [0, 0.05) is 25.2 Å². The molecule has 1 unspecified atom stereocenters. The number of amides is 1. The highest BCUT2D eigenvalue weighted by Crippen LogP contribution is 2.26. The van der Waals surface area contributed by atoms with Gasteiger partial charge < -0.3 is 15.0 Å². The molecule has 0 saturated carbocycles. The number of benzene rings is 1. The van der Waals surface area contributed by atoms with E-state index in [4.69, 9.17) is 16.0 Å². The lowest BCUT2D eigenvalue weighted by molar-refractivity contribution is 0.0534. The molecule has 4 N–H and O–H groups in total. The Morgan fingerprint density at radius 2 is 2.24 bits per heavy atom. The molecule has 2 aliphatic rings. The maximum absolute atomic E-state index is 12.5. The lowest BCUT2D eigenvalue weighted by atomic mass is 9.97. The van der Waals surface area contributed by atoms with Crippen LogP contribution in [-0.2, 0) is 17.8 Å². The predicted octanol–water partition coefficient (Wildman–Crippen LogP) is 1.95. The number of pyridine rings is 1. The van der Waals surface area contributed by atoms with Crippen molar-refractivity contribution in [3.63, 3.8) is 0 Å². The standard InChI is InChI=1S/C24H30N6O3/c1-15-9-21(27-11-22(15)30(26)14-25)23(31)28-10-17-5-7-29(12-17)8-6-18-3-4-19-20(16(18)2)13-33-24(19)32/h3-4,9,11,14,17,25H,5-8,10,12-13,26H2,1-2H3,(H,28,31). The summed E-state index contributed by atoms with van der Waals surface area (Å²) in [6, 6.07) is 5.61. The highest BCUT2D eigenvalue weighted by Gasteiger charge is 2.26. The summed E-state index contributed by atoms with van der Waals surface area (Å²) in [6.07, 6.45) is 4.47. The lowest BCUT2D eigenvalue weighted by Gasteiger charge is -2.18. The smallest absolute Gasteiger partial charge is 0.338 e. The third kappa shape index (κ3) is 4.89. The van der Waals surface area contributed by atoms with E-state index >= 15 is 0 Å². The van der Waals surface area contributed by atoms with Gasteiger partial charge in [-0.25, -0.2) is 15.6 Å². The third-order valence-corrected chi connectivity index (χ3v) is 6.63. The summed E-state index contributed by atoms with van der Waals surface area (Å²) in [5.74, 6) is 5.68. The Morgan fingerprint density at radius 1 is 1.42 bits per heavy atom. The maximum atomic E-state index is 12.5. The molecule has 1 aromatic carbocycles. The van der Waals surface area contributed by atoms with Crippen LogP contribution in [0.25, 0.3) is 0 Å². The number of ether oxygens (including phenoxy) is 1. The van der Waals surface area contributed by atoms with E-state index in [1.54, 1.807) is 6.07 Å². The van der Waals surface area contributed by atoms with Crippen LogP contribution in [0.15, 0.2) is 24.4 Å². The molecule has 2 aromatic rings. The molecule has 0 aliphatic carbocycles. The molecule has 9 heteroatoms. The van der Waals surface area contributed by atoms with E-state index in [0.29, 0.717) is 36.0 Å². The van der Waals surface area contributed by atoms with Crippen LogP contribution in [0.1, 0.15) is 49.5 Å². The number of nitrogens with zero attached hydrogens (tertiary/aromatic N) is 3. The van der Waals surface area contributed by atoms with Gasteiger partial charge >= 0.3 is 5.97 Å². The fourth-order valence-electron chi connectivity index (χ4n) is 4.57. The van der Waals surface area contributed by atoms with Crippen LogP contribution >= 0.6 is 0 Å². The van der Waals surface area contributed by atoms with Crippen LogP contribution < -0.4 is 16.2 Å². The molecule has 9 nitrogen and oxygen atoms in total. The van der Waals surface area contributed by atoms with E-state index in [1.165, 1.54) is 11.8 Å². The molecule has 0 bridgehead atoms. The van der Waals surface area contributed by atoms with Gasteiger partial charge in [0.05, 0.1) is 17.4 Å². The molecule has 1 atom stereocenters. The number of anilines is 1. The Labute approximate surface area is 193 Å². The number of carbonyl (C=O) groups excluding carboxylic acids is 2. The van der Waals surface area contributed by atoms with Crippen LogP contribution in [0.3, 0.4) is 0 Å². The SMILES string of the molecule is Cc1cc(C(=O)NCC2CCN(CCc3ccc4c(c3C)COC4=O)C2)ncc1N(N)C=N. The van der Waals surface area contributed by atoms with Gasteiger partial charge in [-0.1, -0.05) is 6.07 Å². The number of carbonyl (C=O) groups is 2. The summed E-state index contributed by atoms with van der Waals surface area (Å²) in [6.45, 7) is 7.79.